The van der Waals surface area contributed by atoms with Gasteiger partial charge in [-0.25, -0.2) is 0 Å². The van der Waals surface area contributed by atoms with Gasteiger partial charge in [0.05, 0.1) is 16.3 Å². The van der Waals surface area contributed by atoms with Crippen LogP contribution in [0.3, 0.4) is 0 Å². The number of nitrogen functional groups attached to an aromatic ring is 1. The number of carbonyl (C=O) groups excluding carboxylic acids is 1. The molecule has 0 unspecified atom stereocenters. The Labute approximate surface area is 104 Å². The average molecular weight is 257 g/mol. The van der Waals surface area contributed by atoms with Crippen LogP contribution in [0, 0.1) is 0 Å². The molecule has 0 aliphatic carbocycles. The Balaban J connectivity index is 2.22. The number of amides is 1. The first-order valence-corrected chi connectivity index (χ1v) is 6.64. The van der Waals surface area contributed by atoms with E-state index in [1.165, 1.54) is 0 Å². The van der Waals surface area contributed by atoms with E-state index in [0.717, 1.165) is 24.6 Å². The molecule has 1 fully saturated rings. The van der Waals surface area contributed by atoms with Crippen molar-refractivity contribution in [2.75, 3.05) is 30.3 Å². The van der Waals surface area contributed by atoms with Crippen LogP contribution in [-0.2, 0) is 0 Å². The van der Waals surface area contributed by atoms with Crippen molar-refractivity contribution in [3.63, 3.8) is 0 Å². The molecule has 0 bridgehead atoms. The Hall–Kier alpha value is -0.870. The summed E-state index contributed by atoms with van der Waals surface area (Å²) in [5.41, 5.74) is 6.70. The van der Waals surface area contributed by atoms with E-state index in [1.54, 1.807) is 18.2 Å². The van der Waals surface area contributed by atoms with E-state index >= 15 is 0 Å². The minimum Gasteiger partial charge on any atom is -0.397 e. The zero-order valence-corrected chi connectivity index (χ0v) is 10.4. The molecule has 0 atom stereocenters. The monoisotopic (exact) mass is 256 g/mol. The molecule has 1 saturated heterocycles. The fourth-order valence-electron chi connectivity index (χ4n) is 1.66. The van der Waals surface area contributed by atoms with Crippen LogP contribution in [0.4, 0.5) is 5.69 Å². The number of halogens is 1. The zero-order chi connectivity index (χ0) is 11.5. The summed E-state index contributed by atoms with van der Waals surface area (Å²) in [6.45, 7) is 1.57. The van der Waals surface area contributed by atoms with E-state index in [9.17, 15) is 4.79 Å². The van der Waals surface area contributed by atoms with Crippen molar-refractivity contribution >= 4 is 35.0 Å². The van der Waals surface area contributed by atoms with E-state index in [0.29, 0.717) is 16.3 Å². The second-order valence-electron chi connectivity index (χ2n) is 3.61. The fourth-order valence-corrected chi connectivity index (χ4v) is 2.74. The van der Waals surface area contributed by atoms with E-state index in [1.807, 2.05) is 16.7 Å². The zero-order valence-electron chi connectivity index (χ0n) is 8.78. The van der Waals surface area contributed by atoms with Crippen molar-refractivity contribution in [1.29, 1.82) is 0 Å². The molecule has 5 heteroatoms. The number of thioether (sulfide) groups is 1. The summed E-state index contributed by atoms with van der Waals surface area (Å²) in [4.78, 5) is 14.0. The number of rotatable bonds is 1. The molecule has 1 amide bonds. The van der Waals surface area contributed by atoms with Gasteiger partial charge >= 0.3 is 0 Å². The molecule has 3 nitrogen and oxygen atoms in total. The molecule has 1 aromatic carbocycles. The number of anilines is 1. The number of hydrogen-bond acceptors (Lipinski definition) is 3. The topological polar surface area (TPSA) is 46.3 Å². The van der Waals surface area contributed by atoms with Gasteiger partial charge in [0.15, 0.2) is 0 Å². The summed E-state index contributed by atoms with van der Waals surface area (Å²) in [7, 11) is 0. The second kappa shape index (κ2) is 4.97. The van der Waals surface area contributed by atoms with Gasteiger partial charge in [-0.2, -0.15) is 11.8 Å². The Bertz CT molecular complexity index is 405. The standard InChI is InChI=1S/C11H13ClN2OS/c12-9-3-1-2-8(10(9)13)11(15)14-4-6-16-7-5-14/h1-3H,4-7,13H2. The molecule has 1 aliphatic heterocycles. The van der Waals surface area contributed by atoms with Crippen molar-refractivity contribution in [3.8, 4) is 0 Å². The van der Waals surface area contributed by atoms with Crippen LogP contribution in [0.1, 0.15) is 10.4 Å². The largest absolute Gasteiger partial charge is 0.397 e. The van der Waals surface area contributed by atoms with Crippen LogP contribution < -0.4 is 5.73 Å². The average Bonchev–Trinajstić information content (AvgIpc) is 2.33. The molecule has 16 heavy (non-hydrogen) atoms. The molecule has 0 aromatic heterocycles. The highest BCUT2D eigenvalue weighted by atomic mass is 35.5. The third-order valence-corrected chi connectivity index (χ3v) is 3.85. The van der Waals surface area contributed by atoms with Crippen molar-refractivity contribution in [2.24, 2.45) is 0 Å². The van der Waals surface area contributed by atoms with Crippen LogP contribution in [0.15, 0.2) is 18.2 Å². The first-order chi connectivity index (χ1) is 7.70. The van der Waals surface area contributed by atoms with Gasteiger partial charge in [0.2, 0.25) is 0 Å². The lowest BCUT2D eigenvalue weighted by Crippen LogP contribution is -2.38. The van der Waals surface area contributed by atoms with Crippen molar-refractivity contribution in [2.45, 2.75) is 0 Å². The Morgan fingerprint density at radius 1 is 1.38 bits per heavy atom. The molecule has 0 spiro atoms. The van der Waals surface area contributed by atoms with Gasteiger partial charge in [-0.3, -0.25) is 4.79 Å². The van der Waals surface area contributed by atoms with Gasteiger partial charge in [0.25, 0.3) is 5.91 Å². The fraction of sp³-hybridized carbons (Fsp3) is 0.364. The highest BCUT2D eigenvalue weighted by molar-refractivity contribution is 7.99. The molecular formula is C11H13ClN2OS. The number of para-hydroxylation sites is 1. The Morgan fingerprint density at radius 3 is 2.75 bits per heavy atom. The normalized spacial score (nSPS) is 16.2. The lowest BCUT2D eigenvalue weighted by Gasteiger charge is -2.27. The first kappa shape index (κ1) is 11.6. The van der Waals surface area contributed by atoms with E-state index in [-0.39, 0.29) is 5.91 Å². The molecule has 1 aliphatic rings. The number of carbonyl (C=O) groups is 1. The number of benzene rings is 1. The molecule has 2 rings (SSSR count). The first-order valence-electron chi connectivity index (χ1n) is 5.11. The SMILES string of the molecule is Nc1c(Cl)cccc1C(=O)N1CCSCC1. The second-order valence-corrected chi connectivity index (χ2v) is 5.24. The Morgan fingerprint density at radius 2 is 2.06 bits per heavy atom. The van der Waals surface area contributed by atoms with E-state index in [4.69, 9.17) is 17.3 Å². The smallest absolute Gasteiger partial charge is 0.256 e. The summed E-state index contributed by atoms with van der Waals surface area (Å²) in [5.74, 6) is 1.97. The van der Waals surface area contributed by atoms with Crippen molar-refractivity contribution in [1.82, 2.24) is 4.90 Å². The maximum absolute atomic E-state index is 12.2. The van der Waals surface area contributed by atoms with E-state index < -0.39 is 0 Å². The van der Waals surface area contributed by atoms with Crippen LogP contribution in [0.25, 0.3) is 0 Å². The highest BCUT2D eigenvalue weighted by Crippen LogP contribution is 2.24. The molecule has 0 saturated carbocycles. The maximum Gasteiger partial charge on any atom is 0.256 e. The third-order valence-electron chi connectivity index (χ3n) is 2.58. The lowest BCUT2D eigenvalue weighted by atomic mass is 10.1. The molecule has 1 aromatic rings. The van der Waals surface area contributed by atoms with Crippen LogP contribution in [0.5, 0.6) is 0 Å². The van der Waals surface area contributed by atoms with Gasteiger partial charge in [0, 0.05) is 24.6 Å². The number of nitrogens with two attached hydrogens (primary N) is 1. The van der Waals surface area contributed by atoms with Crippen LogP contribution in [0.2, 0.25) is 5.02 Å². The van der Waals surface area contributed by atoms with Gasteiger partial charge < -0.3 is 10.6 Å². The number of nitrogens with zero attached hydrogens (tertiary/aromatic N) is 1. The minimum absolute atomic E-state index is 0.0136. The maximum atomic E-state index is 12.2. The Kier molecular flexibility index (Phi) is 3.61. The van der Waals surface area contributed by atoms with Gasteiger partial charge in [-0.15, -0.1) is 0 Å². The van der Waals surface area contributed by atoms with Gasteiger partial charge in [-0.1, -0.05) is 17.7 Å². The molecule has 1 heterocycles. The summed E-state index contributed by atoms with van der Waals surface area (Å²) in [6.07, 6.45) is 0. The summed E-state index contributed by atoms with van der Waals surface area (Å²) >= 11 is 7.76. The molecule has 2 N–H and O–H groups in total. The molecular weight excluding hydrogens is 244 g/mol. The quantitative estimate of drug-likeness (QED) is 0.783. The van der Waals surface area contributed by atoms with Crippen LogP contribution >= 0.6 is 23.4 Å². The molecule has 86 valence electrons. The predicted molar refractivity (Wildman–Crippen MR) is 69.1 cm³/mol. The predicted octanol–water partition coefficient (Wildman–Crippen LogP) is 2.11. The van der Waals surface area contributed by atoms with Gasteiger partial charge in [-0.05, 0) is 12.1 Å². The summed E-state index contributed by atoms with van der Waals surface area (Å²) in [6, 6.07) is 5.18. The minimum atomic E-state index is -0.0136. The molecule has 0 radical (unpaired) electrons. The lowest BCUT2D eigenvalue weighted by molar-refractivity contribution is 0.0773. The number of hydrogen-bond donors (Lipinski definition) is 1. The summed E-state index contributed by atoms with van der Waals surface area (Å²) in [5, 5.41) is 0.442. The highest BCUT2D eigenvalue weighted by Gasteiger charge is 2.20. The third kappa shape index (κ3) is 2.28. The summed E-state index contributed by atoms with van der Waals surface area (Å²) < 4.78 is 0. The van der Waals surface area contributed by atoms with E-state index in [2.05, 4.69) is 0 Å². The van der Waals surface area contributed by atoms with Crippen molar-refractivity contribution < 1.29 is 4.79 Å². The van der Waals surface area contributed by atoms with Crippen molar-refractivity contribution in [3.05, 3.63) is 28.8 Å². The van der Waals surface area contributed by atoms with Crippen LogP contribution in [-0.4, -0.2) is 35.4 Å². The van der Waals surface area contributed by atoms with Gasteiger partial charge in [0.1, 0.15) is 0 Å².